The standard InChI is InChI=1S/C18H22N2O2S/c21-18(13-16-7-4-12-23-16)19-14-17(15-5-2-1-3-6-15)20-8-10-22-11-9-20/h1-7,12,17H,8-11,13-14H2,(H,19,21). The largest absolute Gasteiger partial charge is 0.379 e. The summed E-state index contributed by atoms with van der Waals surface area (Å²) in [6.07, 6.45) is 0.461. The predicted octanol–water partition coefficient (Wildman–Crippen LogP) is 2.48. The van der Waals surface area contributed by atoms with Gasteiger partial charge in [-0.05, 0) is 17.0 Å². The molecule has 1 amide bonds. The van der Waals surface area contributed by atoms with Gasteiger partial charge in [0.25, 0.3) is 0 Å². The highest BCUT2D eigenvalue weighted by atomic mass is 32.1. The Kier molecular flexibility index (Phi) is 5.80. The van der Waals surface area contributed by atoms with Crippen LogP contribution >= 0.6 is 11.3 Å². The summed E-state index contributed by atoms with van der Waals surface area (Å²) < 4.78 is 5.45. The van der Waals surface area contributed by atoms with Crippen LogP contribution in [0.1, 0.15) is 16.5 Å². The van der Waals surface area contributed by atoms with Gasteiger partial charge in [0.15, 0.2) is 0 Å². The lowest BCUT2D eigenvalue weighted by molar-refractivity contribution is -0.120. The summed E-state index contributed by atoms with van der Waals surface area (Å²) in [5.41, 5.74) is 1.24. The zero-order valence-corrected chi connectivity index (χ0v) is 13.9. The molecule has 0 bridgehead atoms. The molecule has 1 aliphatic rings. The second kappa shape index (κ2) is 8.24. The topological polar surface area (TPSA) is 41.6 Å². The highest BCUT2D eigenvalue weighted by Gasteiger charge is 2.23. The summed E-state index contributed by atoms with van der Waals surface area (Å²) in [5.74, 6) is 0.0849. The summed E-state index contributed by atoms with van der Waals surface area (Å²) in [5, 5.41) is 5.11. The lowest BCUT2D eigenvalue weighted by atomic mass is 10.0. The molecule has 0 saturated carbocycles. The van der Waals surface area contributed by atoms with Gasteiger partial charge in [0.1, 0.15) is 0 Å². The molecule has 1 atom stereocenters. The van der Waals surface area contributed by atoms with Gasteiger partial charge in [0.05, 0.1) is 25.7 Å². The number of benzene rings is 1. The highest BCUT2D eigenvalue weighted by molar-refractivity contribution is 7.10. The number of carbonyl (C=O) groups excluding carboxylic acids is 1. The SMILES string of the molecule is O=C(Cc1cccs1)NCC(c1ccccc1)N1CCOCC1. The molecule has 23 heavy (non-hydrogen) atoms. The van der Waals surface area contributed by atoms with Crippen LogP contribution < -0.4 is 5.32 Å². The molecule has 4 nitrogen and oxygen atoms in total. The molecule has 0 spiro atoms. The van der Waals surface area contributed by atoms with Crippen molar-refractivity contribution >= 4 is 17.2 Å². The van der Waals surface area contributed by atoms with E-state index in [-0.39, 0.29) is 11.9 Å². The van der Waals surface area contributed by atoms with Gasteiger partial charge in [-0.1, -0.05) is 36.4 Å². The maximum atomic E-state index is 12.2. The number of ether oxygens (including phenoxy) is 1. The van der Waals surface area contributed by atoms with Gasteiger partial charge < -0.3 is 10.1 Å². The first-order valence-corrected chi connectivity index (χ1v) is 8.87. The Hall–Kier alpha value is -1.69. The van der Waals surface area contributed by atoms with Crippen molar-refractivity contribution in [2.75, 3.05) is 32.8 Å². The van der Waals surface area contributed by atoms with Crippen LogP contribution in [0.3, 0.4) is 0 Å². The molecule has 1 aromatic heterocycles. The Labute approximate surface area is 141 Å². The van der Waals surface area contributed by atoms with Crippen LogP contribution in [0.25, 0.3) is 0 Å². The third kappa shape index (κ3) is 4.64. The zero-order chi connectivity index (χ0) is 15.9. The number of morpholine rings is 1. The Morgan fingerprint density at radius 2 is 1.96 bits per heavy atom. The second-order valence-electron chi connectivity index (χ2n) is 5.64. The van der Waals surface area contributed by atoms with Gasteiger partial charge in [0.2, 0.25) is 5.91 Å². The molecular formula is C18H22N2O2S. The molecular weight excluding hydrogens is 308 g/mol. The Morgan fingerprint density at radius 1 is 1.17 bits per heavy atom. The quantitative estimate of drug-likeness (QED) is 0.885. The normalized spacial score (nSPS) is 16.9. The molecule has 5 heteroatoms. The fourth-order valence-corrected chi connectivity index (χ4v) is 3.57. The van der Waals surface area contributed by atoms with E-state index in [4.69, 9.17) is 4.74 Å². The fourth-order valence-electron chi connectivity index (χ4n) is 2.87. The van der Waals surface area contributed by atoms with Gasteiger partial charge >= 0.3 is 0 Å². The summed E-state index contributed by atoms with van der Waals surface area (Å²) in [6.45, 7) is 3.95. The van der Waals surface area contributed by atoms with E-state index in [1.807, 2.05) is 23.6 Å². The maximum Gasteiger partial charge on any atom is 0.225 e. The number of rotatable bonds is 6. The molecule has 1 aromatic carbocycles. The molecule has 2 aromatic rings. The van der Waals surface area contributed by atoms with Crippen molar-refractivity contribution < 1.29 is 9.53 Å². The minimum absolute atomic E-state index is 0.0849. The van der Waals surface area contributed by atoms with E-state index in [0.717, 1.165) is 31.2 Å². The number of carbonyl (C=O) groups is 1. The van der Waals surface area contributed by atoms with Crippen molar-refractivity contribution in [2.24, 2.45) is 0 Å². The number of amides is 1. The van der Waals surface area contributed by atoms with Crippen molar-refractivity contribution in [3.05, 3.63) is 58.3 Å². The molecule has 1 fully saturated rings. The first-order chi connectivity index (χ1) is 11.3. The van der Waals surface area contributed by atoms with E-state index in [1.54, 1.807) is 11.3 Å². The molecule has 0 radical (unpaired) electrons. The first kappa shape index (κ1) is 16.2. The molecule has 1 N–H and O–H groups in total. The minimum Gasteiger partial charge on any atom is -0.379 e. The van der Waals surface area contributed by atoms with E-state index in [1.165, 1.54) is 5.56 Å². The van der Waals surface area contributed by atoms with Gasteiger partial charge in [-0.2, -0.15) is 0 Å². The fraction of sp³-hybridized carbons (Fsp3) is 0.389. The van der Waals surface area contributed by atoms with Crippen LogP contribution in [0.4, 0.5) is 0 Å². The summed E-state index contributed by atoms with van der Waals surface area (Å²) in [7, 11) is 0. The van der Waals surface area contributed by atoms with Crippen molar-refractivity contribution in [1.29, 1.82) is 0 Å². The van der Waals surface area contributed by atoms with Crippen LogP contribution in [-0.2, 0) is 16.0 Å². The third-order valence-electron chi connectivity index (χ3n) is 4.08. The number of hydrogen-bond donors (Lipinski definition) is 1. The van der Waals surface area contributed by atoms with Crippen LogP contribution in [0, 0.1) is 0 Å². The third-order valence-corrected chi connectivity index (χ3v) is 4.95. The van der Waals surface area contributed by atoms with Gasteiger partial charge in [-0.3, -0.25) is 9.69 Å². The maximum absolute atomic E-state index is 12.2. The number of nitrogens with one attached hydrogen (secondary N) is 1. The van der Waals surface area contributed by atoms with Crippen molar-refractivity contribution in [3.8, 4) is 0 Å². The van der Waals surface area contributed by atoms with Gasteiger partial charge in [0, 0.05) is 24.5 Å². The van der Waals surface area contributed by atoms with Crippen LogP contribution in [-0.4, -0.2) is 43.7 Å². The van der Waals surface area contributed by atoms with Gasteiger partial charge in [-0.15, -0.1) is 11.3 Å². The monoisotopic (exact) mass is 330 g/mol. The number of nitrogens with zero attached hydrogens (tertiary/aromatic N) is 1. The van der Waals surface area contributed by atoms with Crippen LogP contribution in [0.5, 0.6) is 0 Å². The predicted molar refractivity (Wildman–Crippen MR) is 92.6 cm³/mol. The van der Waals surface area contributed by atoms with Crippen molar-refractivity contribution in [3.63, 3.8) is 0 Å². The molecule has 1 unspecified atom stereocenters. The Bertz CT molecular complexity index is 595. The van der Waals surface area contributed by atoms with E-state index in [2.05, 4.69) is 34.5 Å². The first-order valence-electron chi connectivity index (χ1n) is 7.99. The average molecular weight is 330 g/mol. The van der Waals surface area contributed by atoms with Crippen molar-refractivity contribution in [2.45, 2.75) is 12.5 Å². The van der Waals surface area contributed by atoms with E-state index in [9.17, 15) is 4.79 Å². The van der Waals surface area contributed by atoms with Crippen LogP contribution in [0.15, 0.2) is 47.8 Å². The van der Waals surface area contributed by atoms with E-state index >= 15 is 0 Å². The summed E-state index contributed by atoms with van der Waals surface area (Å²) in [6, 6.07) is 14.6. The van der Waals surface area contributed by atoms with E-state index < -0.39 is 0 Å². The smallest absolute Gasteiger partial charge is 0.225 e. The molecule has 1 saturated heterocycles. The minimum atomic E-state index is 0.0849. The molecule has 1 aliphatic heterocycles. The number of hydrogen-bond acceptors (Lipinski definition) is 4. The average Bonchev–Trinajstić information content (AvgIpc) is 3.10. The summed E-state index contributed by atoms with van der Waals surface area (Å²) in [4.78, 5) is 15.7. The second-order valence-corrected chi connectivity index (χ2v) is 6.67. The lowest BCUT2D eigenvalue weighted by Gasteiger charge is -2.35. The highest BCUT2D eigenvalue weighted by Crippen LogP contribution is 2.21. The Balaban J connectivity index is 1.62. The number of thiophene rings is 1. The molecule has 122 valence electrons. The van der Waals surface area contributed by atoms with E-state index in [0.29, 0.717) is 13.0 Å². The molecule has 2 heterocycles. The summed E-state index contributed by atoms with van der Waals surface area (Å²) >= 11 is 1.62. The molecule has 0 aliphatic carbocycles. The molecule has 3 rings (SSSR count). The Morgan fingerprint density at radius 3 is 2.65 bits per heavy atom. The lowest BCUT2D eigenvalue weighted by Crippen LogP contribution is -2.44. The van der Waals surface area contributed by atoms with Crippen LogP contribution in [0.2, 0.25) is 0 Å². The van der Waals surface area contributed by atoms with Gasteiger partial charge in [-0.25, -0.2) is 0 Å². The van der Waals surface area contributed by atoms with Crippen molar-refractivity contribution in [1.82, 2.24) is 10.2 Å². The zero-order valence-electron chi connectivity index (χ0n) is 13.1.